The Morgan fingerprint density at radius 2 is 1.97 bits per heavy atom. The molecule has 4 heterocycles. The van der Waals surface area contributed by atoms with Crippen LogP contribution in [0.25, 0.3) is 0 Å². The van der Waals surface area contributed by atoms with Crippen LogP contribution in [0.2, 0.25) is 0 Å². The predicted octanol–water partition coefficient (Wildman–Crippen LogP) is 3.03. The van der Waals surface area contributed by atoms with Crippen molar-refractivity contribution in [3.05, 3.63) is 47.3 Å². The van der Waals surface area contributed by atoms with Crippen molar-refractivity contribution in [1.29, 1.82) is 0 Å². The molecule has 0 N–H and O–H groups in total. The number of likely N-dealkylation sites (tertiary alicyclic amines) is 2. The molecule has 7 heteroatoms. The number of nitrogens with zero attached hydrogens (tertiary/aromatic N) is 3. The minimum absolute atomic E-state index is 0.103. The van der Waals surface area contributed by atoms with Crippen molar-refractivity contribution in [1.82, 2.24) is 15.0 Å². The summed E-state index contributed by atoms with van der Waals surface area (Å²) in [4.78, 5) is 17.5. The van der Waals surface area contributed by atoms with E-state index in [1.165, 1.54) is 32.4 Å². The number of carbonyl (C=O) groups is 1. The maximum absolute atomic E-state index is 13.1. The molecular weight excluding hydrogens is 382 g/mol. The maximum Gasteiger partial charge on any atom is 0.276 e. The summed E-state index contributed by atoms with van der Waals surface area (Å²) in [6.07, 6.45) is 4.92. The Morgan fingerprint density at radius 3 is 2.73 bits per heavy atom. The van der Waals surface area contributed by atoms with Gasteiger partial charge >= 0.3 is 0 Å². The van der Waals surface area contributed by atoms with Crippen LogP contribution in [0.15, 0.2) is 34.9 Å². The Labute approximate surface area is 176 Å². The highest BCUT2D eigenvalue weighted by molar-refractivity contribution is 5.94. The van der Waals surface area contributed by atoms with Crippen LogP contribution in [0, 0.1) is 6.92 Å². The van der Waals surface area contributed by atoms with E-state index in [4.69, 9.17) is 14.0 Å². The number of amides is 1. The van der Waals surface area contributed by atoms with Crippen molar-refractivity contribution in [2.24, 2.45) is 0 Å². The topological polar surface area (TPSA) is 68.0 Å². The molecule has 3 aliphatic heterocycles. The van der Waals surface area contributed by atoms with Crippen molar-refractivity contribution in [3.63, 3.8) is 0 Å². The van der Waals surface area contributed by atoms with Crippen molar-refractivity contribution >= 4 is 5.91 Å². The normalized spacial score (nSPS) is 23.5. The number of carbonyl (C=O) groups excluding carboxylic acids is 1. The number of hydrogen-bond acceptors (Lipinski definition) is 6. The number of aromatic nitrogens is 1. The van der Waals surface area contributed by atoms with Crippen LogP contribution < -0.4 is 4.74 Å². The fourth-order valence-corrected chi connectivity index (χ4v) is 4.90. The number of rotatable bonds is 5. The van der Waals surface area contributed by atoms with E-state index in [2.05, 4.69) is 10.1 Å². The Hall–Kier alpha value is -2.38. The molecule has 30 heavy (non-hydrogen) atoms. The van der Waals surface area contributed by atoms with Crippen LogP contribution in [0.4, 0.5) is 0 Å². The molecule has 1 amide bonds. The van der Waals surface area contributed by atoms with Crippen LogP contribution in [0.5, 0.6) is 5.75 Å². The monoisotopic (exact) mass is 411 g/mol. The van der Waals surface area contributed by atoms with E-state index in [1.54, 1.807) is 0 Å². The Bertz CT molecular complexity index is 885. The van der Waals surface area contributed by atoms with E-state index in [-0.39, 0.29) is 18.1 Å². The quantitative estimate of drug-likeness (QED) is 0.753. The summed E-state index contributed by atoms with van der Waals surface area (Å²) in [7, 11) is 0. The molecule has 1 atom stereocenters. The number of hydrogen-bond donors (Lipinski definition) is 0. The second-order valence-corrected chi connectivity index (χ2v) is 8.78. The van der Waals surface area contributed by atoms with Crippen molar-refractivity contribution < 1.29 is 18.8 Å². The fraction of sp³-hybridized carbons (Fsp3) is 0.565. The van der Waals surface area contributed by atoms with Crippen LogP contribution in [0.3, 0.4) is 0 Å². The van der Waals surface area contributed by atoms with Gasteiger partial charge < -0.3 is 18.9 Å². The molecule has 0 radical (unpaired) electrons. The molecule has 160 valence electrons. The van der Waals surface area contributed by atoms with Crippen LogP contribution in [-0.4, -0.2) is 65.3 Å². The third-order valence-corrected chi connectivity index (χ3v) is 6.66. The number of para-hydroxylation sites is 1. The lowest BCUT2D eigenvalue weighted by Gasteiger charge is -2.47. The molecule has 3 aliphatic rings. The Morgan fingerprint density at radius 1 is 1.20 bits per heavy atom. The van der Waals surface area contributed by atoms with Gasteiger partial charge in [0.25, 0.3) is 5.91 Å². The minimum Gasteiger partial charge on any atom is -0.489 e. The lowest BCUT2D eigenvalue weighted by molar-refractivity contribution is -0.0953. The van der Waals surface area contributed by atoms with Gasteiger partial charge in [-0.15, -0.1) is 0 Å². The molecular formula is C23H29N3O4. The fourth-order valence-electron chi connectivity index (χ4n) is 4.90. The van der Waals surface area contributed by atoms with Gasteiger partial charge in [-0.3, -0.25) is 9.69 Å². The first-order valence-electron chi connectivity index (χ1n) is 10.9. The average molecular weight is 412 g/mol. The lowest BCUT2D eigenvalue weighted by Crippen LogP contribution is -2.63. The SMILES string of the molecule is Cc1onc(C(=O)N2CC3(CC(N4CCCCC4)CO3)C2)c1COc1ccccc1. The second kappa shape index (κ2) is 8.04. The van der Waals surface area contributed by atoms with E-state index in [9.17, 15) is 4.79 Å². The third-order valence-electron chi connectivity index (χ3n) is 6.66. The molecule has 1 unspecified atom stereocenters. The first-order valence-corrected chi connectivity index (χ1v) is 10.9. The zero-order valence-corrected chi connectivity index (χ0v) is 17.5. The molecule has 0 bridgehead atoms. The highest BCUT2D eigenvalue weighted by Gasteiger charge is 2.53. The number of benzene rings is 1. The van der Waals surface area contributed by atoms with Gasteiger partial charge in [0, 0.05) is 6.04 Å². The molecule has 0 saturated carbocycles. The summed E-state index contributed by atoms with van der Waals surface area (Å²) in [5.41, 5.74) is 0.879. The zero-order valence-electron chi connectivity index (χ0n) is 17.5. The highest BCUT2D eigenvalue weighted by Crippen LogP contribution is 2.38. The maximum atomic E-state index is 13.1. The summed E-state index contributed by atoms with van der Waals surface area (Å²) in [6.45, 7) is 6.45. The van der Waals surface area contributed by atoms with Gasteiger partial charge in [0.15, 0.2) is 5.69 Å². The van der Waals surface area contributed by atoms with Gasteiger partial charge in [0.05, 0.1) is 25.3 Å². The van der Waals surface area contributed by atoms with E-state index < -0.39 is 0 Å². The van der Waals surface area contributed by atoms with E-state index in [0.29, 0.717) is 36.1 Å². The van der Waals surface area contributed by atoms with Crippen molar-refractivity contribution in [2.75, 3.05) is 32.8 Å². The smallest absolute Gasteiger partial charge is 0.276 e. The van der Waals surface area contributed by atoms with Crippen molar-refractivity contribution in [3.8, 4) is 5.75 Å². The molecule has 7 nitrogen and oxygen atoms in total. The average Bonchev–Trinajstić information content (AvgIpc) is 3.37. The summed E-state index contributed by atoms with van der Waals surface area (Å²) in [5, 5.41) is 4.04. The van der Waals surface area contributed by atoms with Crippen LogP contribution in [-0.2, 0) is 11.3 Å². The summed E-state index contributed by atoms with van der Waals surface area (Å²) < 4.78 is 17.3. The van der Waals surface area contributed by atoms with Gasteiger partial charge in [-0.05, 0) is 51.4 Å². The second-order valence-electron chi connectivity index (χ2n) is 8.78. The van der Waals surface area contributed by atoms with Gasteiger partial charge in [-0.1, -0.05) is 29.8 Å². The minimum atomic E-state index is -0.183. The van der Waals surface area contributed by atoms with Gasteiger partial charge in [0.2, 0.25) is 0 Å². The van der Waals surface area contributed by atoms with Gasteiger partial charge in [-0.25, -0.2) is 0 Å². The van der Waals surface area contributed by atoms with E-state index >= 15 is 0 Å². The van der Waals surface area contributed by atoms with E-state index in [1.807, 2.05) is 42.2 Å². The zero-order chi connectivity index (χ0) is 20.6. The molecule has 3 fully saturated rings. The molecule has 2 aromatic rings. The Kier molecular flexibility index (Phi) is 5.25. The predicted molar refractivity (Wildman–Crippen MR) is 110 cm³/mol. The molecule has 0 aliphatic carbocycles. The molecule has 1 spiro atoms. The van der Waals surface area contributed by atoms with Gasteiger partial charge in [0.1, 0.15) is 23.7 Å². The molecule has 5 rings (SSSR count). The number of aryl methyl sites for hydroxylation is 1. The highest BCUT2D eigenvalue weighted by atomic mass is 16.5. The van der Waals surface area contributed by atoms with Crippen molar-refractivity contribution in [2.45, 2.75) is 50.9 Å². The summed E-state index contributed by atoms with van der Waals surface area (Å²) in [5.74, 6) is 1.27. The lowest BCUT2D eigenvalue weighted by atomic mass is 9.88. The molecule has 3 saturated heterocycles. The number of piperidine rings is 1. The first kappa shape index (κ1) is 19.6. The summed E-state index contributed by atoms with van der Waals surface area (Å²) in [6, 6.07) is 10.0. The third kappa shape index (κ3) is 3.72. The number of ether oxygens (including phenoxy) is 2. The molecule has 1 aromatic carbocycles. The van der Waals surface area contributed by atoms with E-state index in [0.717, 1.165) is 18.8 Å². The standard InChI is InChI=1S/C23H29N3O4/c1-17-20(14-28-19-8-4-2-5-9-19)21(24-30-17)22(27)26-15-23(16-26)12-18(13-29-23)25-10-6-3-7-11-25/h2,4-5,8-9,18H,3,6-7,10-16H2,1H3. The largest absolute Gasteiger partial charge is 0.489 e. The van der Waals surface area contributed by atoms with Gasteiger partial charge in [-0.2, -0.15) is 0 Å². The summed E-state index contributed by atoms with van der Waals surface area (Å²) >= 11 is 0. The Balaban J connectivity index is 1.20. The first-order chi connectivity index (χ1) is 14.6. The van der Waals surface area contributed by atoms with Crippen LogP contribution in [0.1, 0.15) is 47.5 Å². The molecule has 1 aromatic heterocycles. The van der Waals surface area contributed by atoms with Crippen LogP contribution >= 0.6 is 0 Å².